The molecule has 0 amide bonds. The van der Waals surface area contributed by atoms with Crippen LogP contribution in [0.4, 0.5) is 5.82 Å². The molecule has 21 heavy (non-hydrogen) atoms. The van der Waals surface area contributed by atoms with Gasteiger partial charge in [0.2, 0.25) is 0 Å². The number of rotatable bonds is 4. The Balaban J connectivity index is 1.89. The maximum absolute atomic E-state index is 5.89. The molecule has 1 saturated heterocycles. The second-order valence-corrected chi connectivity index (χ2v) is 6.11. The van der Waals surface area contributed by atoms with Crippen molar-refractivity contribution >= 4 is 5.82 Å². The summed E-state index contributed by atoms with van der Waals surface area (Å²) in [7, 11) is 2.13. The van der Waals surface area contributed by atoms with E-state index in [2.05, 4.69) is 24.2 Å². The van der Waals surface area contributed by atoms with Crippen LogP contribution in [-0.4, -0.2) is 48.2 Å². The summed E-state index contributed by atoms with van der Waals surface area (Å²) in [5.74, 6) is 1.91. The van der Waals surface area contributed by atoms with Gasteiger partial charge in [0.15, 0.2) is 5.82 Å². The van der Waals surface area contributed by atoms with E-state index in [0.717, 1.165) is 57.1 Å². The van der Waals surface area contributed by atoms with E-state index < -0.39 is 0 Å². The molecule has 0 bridgehead atoms. The predicted octanol–water partition coefficient (Wildman–Crippen LogP) is 2.18. The Hall–Kier alpha value is -1.20. The molecule has 1 aromatic heterocycles. The Morgan fingerprint density at radius 1 is 1.29 bits per heavy atom. The lowest BCUT2D eigenvalue weighted by molar-refractivity contribution is -0.0255. The second-order valence-electron chi connectivity index (χ2n) is 6.11. The highest BCUT2D eigenvalue weighted by atomic mass is 16.5. The van der Waals surface area contributed by atoms with Crippen molar-refractivity contribution in [3.05, 3.63) is 17.1 Å². The lowest BCUT2D eigenvalue weighted by Crippen LogP contribution is -2.36. The Morgan fingerprint density at radius 3 is 2.95 bits per heavy atom. The van der Waals surface area contributed by atoms with Crippen LogP contribution in [0, 0.1) is 0 Å². The third-order valence-corrected chi connectivity index (χ3v) is 4.30. The van der Waals surface area contributed by atoms with Gasteiger partial charge >= 0.3 is 0 Å². The summed E-state index contributed by atoms with van der Waals surface area (Å²) >= 11 is 0. The van der Waals surface area contributed by atoms with Gasteiger partial charge in [0.1, 0.15) is 11.9 Å². The van der Waals surface area contributed by atoms with Crippen molar-refractivity contribution in [1.29, 1.82) is 0 Å². The van der Waals surface area contributed by atoms with Gasteiger partial charge in [0.25, 0.3) is 0 Å². The molecule has 1 aromatic rings. The van der Waals surface area contributed by atoms with E-state index in [1.54, 1.807) is 0 Å². The summed E-state index contributed by atoms with van der Waals surface area (Å²) in [5.41, 5.74) is 2.57. The minimum atomic E-state index is 0.0122. The lowest BCUT2D eigenvalue weighted by Gasteiger charge is -2.30. The molecule has 0 aromatic carbocycles. The molecule has 3 rings (SSSR count). The molecule has 116 valence electrons. The number of hydrogen-bond donors (Lipinski definition) is 1. The monoisotopic (exact) mass is 290 g/mol. The first-order valence-electron chi connectivity index (χ1n) is 8.21. The highest BCUT2D eigenvalue weighted by Gasteiger charge is 2.25. The maximum atomic E-state index is 5.89. The molecule has 0 radical (unpaired) electrons. The van der Waals surface area contributed by atoms with Crippen molar-refractivity contribution in [2.75, 3.05) is 38.6 Å². The van der Waals surface area contributed by atoms with Gasteiger partial charge in [-0.15, -0.1) is 0 Å². The van der Waals surface area contributed by atoms with Crippen LogP contribution in [0.25, 0.3) is 0 Å². The van der Waals surface area contributed by atoms with Crippen LogP contribution in [0.1, 0.15) is 49.4 Å². The average Bonchev–Trinajstić information content (AvgIpc) is 2.52. The Kier molecular flexibility index (Phi) is 4.70. The highest BCUT2D eigenvalue weighted by Crippen LogP contribution is 2.28. The van der Waals surface area contributed by atoms with E-state index >= 15 is 0 Å². The van der Waals surface area contributed by atoms with Gasteiger partial charge < -0.3 is 15.0 Å². The van der Waals surface area contributed by atoms with Crippen LogP contribution in [0.3, 0.4) is 0 Å². The molecule has 5 heteroatoms. The van der Waals surface area contributed by atoms with Crippen molar-refractivity contribution in [1.82, 2.24) is 14.9 Å². The molecule has 1 unspecified atom stereocenters. The topological polar surface area (TPSA) is 50.3 Å². The van der Waals surface area contributed by atoms with Crippen molar-refractivity contribution in [3.8, 4) is 0 Å². The molecule has 1 atom stereocenters. The van der Waals surface area contributed by atoms with Crippen molar-refractivity contribution < 1.29 is 4.74 Å². The largest absolute Gasteiger partial charge is 0.370 e. The number of anilines is 1. The van der Waals surface area contributed by atoms with E-state index in [4.69, 9.17) is 14.7 Å². The van der Waals surface area contributed by atoms with Crippen LogP contribution in [0.15, 0.2) is 0 Å². The van der Waals surface area contributed by atoms with Crippen LogP contribution < -0.4 is 5.32 Å². The van der Waals surface area contributed by atoms with Crippen LogP contribution >= 0.6 is 0 Å². The molecule has 1 N–H and O–H groups in total. The van der Waals surface area contributed by atoms with Gasteiger partial charge in [-0.05, 0) is 39.2 Å². The summed E-state index contributed by atoms with van der Waals surface area (Å²) in [6, 6.07) is 0. The Bertz CT molecular complexity index is 491. The summed E-state index contributed by atoms with van der Waals surface area (Å²) in [5, 5.41) is 3.49. The van der Waals surface area contributed by atoms with Gasteiger partial charge in [-0.2, -0.15) is 0 Å². The number of ether oxygens (including phenoxy) is 1. The third kappa shape index (κ3) is 3.35. The SMILES string of the molecule is CCCNc1nc(C2CN(C)CCO2)nc2c1CCCC2. The minimum absolute atomic E-state index is 0.0122. The summed E-state index contributed by atoms with van der Waals surface area (Å²) in [6.07, 6.45) is 5.79. The summed E-state index contributed by atoms with van der Waals surface area (Å²) in [6.45, 7) is 5.78. The van der Waals surface area contributed by atoms with Gasteiger partial charge in [-0.3, -0.25) is 0 Å². The molecule has 0 spiro atoms. The fraction of sp³-hybridized carbons (Fsp3) is 0.750. The molecule has 0 saturated carbocycles. The van der Waals surface area contributed by atoms with E-state index in [1.807, 2.05) is 0 Å². The quantitative estimate of drug-likeness (QED) is 0.921. The number of nitrogens with zero attached hydrogens (tertiary/aromatic N) is 3. The van der Waals surface area contributed by atoms with Gasteiger partial charge in [0, 0.05) is 30.9 Å². The van der Waals surface area contributed by atoms with Crippen LogP contribution in [-0.2, 0) is 17.6 Å². The first kappa shape index (κ1) is 14.7. The second kappa shape index (κ2) is 6.71. The predicted molar refractivity (Wildman–Crippen MR) is 83.6 cm³/mol. The smallest absolute Gasteiger partial charge is 0.161 e. The van der Waals surface area contributed by atoms with Crippen LogP contribution in [0.2, 0.25) is 0 Å². The van der Waals surface area contributed by atoms with E-state index in [9.17, 15) is 0 Å². The van der Waals surface area contributed by atoms with Crippen LogP contribution in [0.5, 0.6) is 0 Å². The van der Waals surface area contributed by atoms with Gasteiger partial charge in [0.05, 0.1) is 6.61 Å². The molecular weight excluding hydrogens is 264 g/mol. The van der Waals surface area contributed by atoms with Gasteiger partial charge in [-0.25, -0.2) is 9.97 Å². The molecular formula is C16H26N4O. The number of nitrogens with one attached hydrogen (secondary N) is 1. The summed E-state index contributed by atoms with van der Waals surface area (Å²) < 4.78 is 5.89. The molecule has 5 nitrogen and oxygen atoms in total. The zero-order valence-corrected chi connectivity index (χ0v) is 13.2. The molecule has 2 heterocycles. The standard InChI is InChI=1S/C16H26N4O/c1-3-8-17-15-12-6-4-5-7-13(12)18-16(19-15)14-11-20(2)9-10-21-14/h14H,3-11H2,1-2H3,(H,17,18,19). The summed E-state index contributed by atoms with van der Waals surface area (Å²) in [4.78, 5) is 11.9. The third-order valence-electron chi connectivity index (χ3n) is 4.30. The van der Waals surface area contributed by atoms with E-state index in [0.29, 0.717) is 0 Å². The number of hydrogen-bond acceptors (Lipinski definition) is 5. The number of fused-ring (bicyclic) bond motifs is 1. The van der Waals surface area contributed by atoms with E-state index in [1.165, 1.54) is 24.1 Å². The Labute approximate surface area is 127 Å². The van der Waals surface area contributed by atoms with Gasteiger partial charge in [-0.1, -0.05) is 6.92 Å². The lowest BCUT2D eigenvalue weighted by atomic mass is 9.96. The van der Waals surface area contributed by atoms with Crippen molar-refractivity contribution in [3.63, 3.8) is 0 Å². The number of aromatic nitrogens is 2. The van der Waals surface area contributed by atoms with E-state index in [-0.39, 0.29) is 6.10 Å². The van der Waals surface area contributed by atoms with Crippen molar-refractivity contribution in [2.24, 2.45) is 0 Å². The first-order valence-corrected chi connectivity index (χ1v) is 8.21. The average molecular weight is 290 g/mol. The molecule has 1 aliphatic carbocycles. The highest BCUT2D eigenvalue weighted by molar-refractivity contribution is 5.48. The molecule has 1 fully saturated rings. The fourth-order valence-corrected chi connectivity index (χ4v) is 3.08. The first-order chi connectivity index (χ1) is 10.3. The number of morpholine rings is 1. The minimum Gasteiger partial charge on any atom is -0.370 e. The molecule has 1 aliphatic heterocycles. The number of likely N-dealkylation sites (N-methyl/N-ethyl adjacent to an activating group) is 1. The zero-order valence-electron chi connectivity index (χ0n) is 13.2. The fourth-order valence-electron chi connectivity index (χ4n) is 3.08. The zero-order chi connectivity index (χ0) is 14.7. The Morgan fingerprint density at radius 2 is 2.14 bits per heavy atom. The maximum Gasteiger partial charge on any atom is 0.161 e. The molecule has 2 aliphatic rings. The normalized spacial score (nSPS) is 22.9. The number of aryl methyl sites for hydroxylation is 1. The van der Waals surface area contributed by atoms with Crippen molar-refractivity contribution in [2.45, 2.75) is 45.1 Å².